The van der Waals surface area contributed by atoms with Gasteiger partial charge in [0.25, 0.3) is 0 Å². The zero-order valence-corrected chi connectivity index (χ0v) is 13.1. The molecule has 2 aromatic rings. The molecule has 0 saturated heterocycles. The molecular weight excluding hydrogens is 272 g/mol. The molecule has 4 nitrogen and oxygen atoms in total. The number of methoxy groups -OCH3 is 1. The Morgan fingerprint density at radius 3 is 2.30 bits per heavy atom. The van der Waals surface area contributed by atoms with Crippen LogP contribution < -0.4 is 15.2 Å². The number of aryl methyl sites for hydroxylation is 1. The average molecular weight is 292 g/mol. The fourth-order valence-electron chi connectivity index (χ4n) is 1.93. The lowest BCUT2D eigenvalue weighted by atomic mass is 10.0. The highest BCUT2D eigenvalue weighted by molar-refractivity contribution is 7.11. The summed E-state index contributed by atoms with van der Waals surface area (Å²) in [4.78, 5) is 5.62. The van der Waals surface area contributed by atoms with E-state index in [1.165, 1.54) is 0 Å². The summed E-state index contributed by atoms with van der Waals surface area (Å²) in [6, 6.07) is 7.51. The van der Waals surface area contributed by atoms with Crippen LogP contribution in [0.3, 0.4) is 0 Å². The maximum Gasteiger partial charge on any atom is 0.140 e. The summed E-state index contributed by atoms with van der Waals surface area (Å²) in [5.41, 5.74) is 6.75. The molecule has 1 heterocycles. The summed E-state index contributed by atoms with van der Waals surface area (Å²) in [5, 5.41) is 0.937. The summed E-state index contributed by atoms with van der Waals surface area (Å²) >= 11 is 1.61. The molecule has 0 spiro atoms. The Kier molecular flexibility index (Phi) is 4.30. The summed E-state index contributed by atoms with van der Waals surface area (Å²) in [7, 11) is 1.64. The molecule has 0 aliphatic rings. The van der Waals surface area contributed by atoms with Gasteiger partial charge in [-0.05, 0) is 45.0 Å². The number of thiazole rings is 1. The van der Waals surface area contributed by atoms with Crippen molar-refractivity contribution in [3.05, 3.63) is 39.8 Å². The summed E-state index contributed by atoms with van der Waals surface area (Å²) in [6.45, 7) is 6.41. The average Bonchev–Trinajstić information content (AvgIpc) is 2.78. The smallest absolute Gasteiger partial charge is 0.140 e. The molecule has 108 valence electrons. The van der Waals surface area contributed by atoms with E-state index in [1.54, 1.807) is 18.4 Å². The molecule has 2 rings (SSSR count). The molecule has 5 heteroatoms. The van der Waals surface area contributed by atoms with E-state index in [2.05, 4.69) is 4.98 Å². The Hall–Kier alpha value is -1.59. The maximum atomic E-state index is 6.13. The summed E-state index contributed by atoms with van der Waals surface area (Å²) in [5.74, 6) is 1.61. The van der Waals surface area contributed by atoms with E-state index in [1.807, 2.05) is 45.0 Å². The van der Waals surface area contributed by atoms with Crippen molar-refractivity contribution in [3.63, 3.8) is 0 Å². The number of nitrogens with zero attached hydrogens (tertiary/aromatic N) is 1. The first-order valence-corrected chi connectivity index (χ1v) is 7.24. The van der Waals surface area contributed by atoms with Crippen molar-refractivity contribution < 1.29 is 9.47 Å². The number of nitrogens with two attached hydrogens (primary N) is 1. The Labute approximate surface area is 123 Å². The largest absolute Gasteiger partial charge is 0.497 e. The molecule has 0 amide bonds. The van der Waals surface area contributed by atoms with Gasteiger partial charge in [-0.15, -0.1) is 11.3 Å². The molecule has 0 bridgehead atoms. The minimum atomic E-state index is -0.361. The van der Waals surface area contributed by atoms with E-state index in [9.17, 15) is 0 Å². The van der Waals surface area contributed by atoms with Crippen LogP contribution >= 0.6 is 11.3 Å². The van der Waals surface area contributed by atoms with Crippen LogP contribution in [-0.2, 0) is 12.1 Å². The highest BCUT2D eigenvalue weighted by Gasteiger charge is 2.21. The van der Waals surface area contributed by atoms with Gasteiger partial charge in [-0.3, -0.25) is 0 Å². The second-order valence-electron chi connectivity index (χ2n) is 5.21. The topological polar surface area (TPSA) is 57.4 Å². The van der Waals surface area contributed by atoms with Crippen molar-refractivity contribution in [2.24, 2.45) is 5.73 Å². The van der Waals surface area contributed by atoms with Gasteiger partial charge < -0.3 is 15.2 Å². The maximum absolute atomic E-state index is 6.13. The Balaban J connectivity index is 2.03. The van der Waals surface area contributed by atoms with Gasteiger partial charge in [-0.2, -0.15) is 0 Å². The van der Waals surface area contributed by atoms with Gasteiger partial charge in [-0.1, -0.05) is 0 Å². The minimum absolute atomic E-state index is 0.361. The third-order valence-electron chi connectivity index (χ3n) is 2.85. The van der Waals surface area contributed by atoms with Crippen LogP contribution in [-0.4, -0.2) is 12.1 Å². The van der Waals surface area contributed by atoms with Crippen molar-refractivity contribution in [2.75, 3.05) is 7.11 Å². The third-order valence-corrected chi connectivity index (χ3v) is 4.32. The Morgan fingerprint density at radius 2 is 1.80 bits per heavy atom. The Morgan fingerprint density at radius 1 is 1.20 bits per heavy atom. The first kappa shape index (κ1) is 14.8. The molecule has 1 aromatic heterocycles. The normalized spacial score (nSPS) is 11.4. The SMILES string of the molecule is COc1ccc(OCc2nc(C)c(C(C)(C)N)s2)cc1. The molecule has 0 aliphatic heterocycles. The van der Waals surface area contributed by atoms with Crippen LogP contribution in [0.25, 0.3) is 0 Å². The van der Waals surface area contributed by atoms with E-state index in [0.29, 0.717) is 6.61 Å². The molecule has 0 aliphatic carbocycles. The van der Waals surface area contributed by atoms with Gasteiger partial charge in [0.15, 0.2) is 0 Å². The van der Waals surface area contributed by atoms with Crippen LogP contribution in [0.15, 0.2) is 24.3 Å². The molecule has 0 unspecified atom stereocenters. The molecule has 1 aromatic carbocycles. The summed E-state index contributed by atoms with van der Waals surface area (Å²) < 4.78 is 10.8. The van der Waals surface area contributed by atoms with E-state index >= 15 is 0 Å². The lowest BCUT2D eigenvalue weighted by molar-refractivity contribution is 0.304. The van der Waals surface area contributed by atoms with Crippen LogP contribution in [0.4, 0.5) is 0 Å². The van der Waals surface area contributed by atoms with Crippen LogP contribution in [0, 0.1) is 6.92 Å². The van der Waals surface area contributed by atoms with Crippen molar-refractivity contribution >= 4 is 11.3 Å². The van der Waals surface area contributed by atoms with Crippen LogP contribution in [0.2, 0.25) is 0 Å². The number of rotatable bonds is 5. The first-order chi connectivity index (χ1) is 9.40. The summed E-state index contributed by atoms with van der Waals surface area (Å²) in [6.07, 6.45) is 0. The predicted octanol–water partition coefficient (Wildman–Crippen LogP) is 3.23. The van der Waals surface area contributed by atoms with E-state index < -0.39 is 0 Å². The van der Waals surface area contributed by atoms with Gasteiger partial charge in [0.2, 0.25) is 0 Å². The molecule has 0 atom stereocenters. The van der Waals surface area contributed by atoms with Crippen molar-refractivity contribution in [3.8, 4) is 11.5 Å². The molecule has 0 saturated carbocycles. The number of hydrogen-bond donors (Lipinski definition) is 1. The molecule has 20 heavy (non-hydrogen) atoms. The standard InChI is InChI=1S/C15H20N2O2S/c1-10-14(15(2,3)16)20-13(17-10)9-19-12-7-5-11(18-4)6-8-12/h5-8H,9,16H2,1-4H3. The van der Waals surface area contributed by atoms with Crippen LogP contribution in [0.5, 0.6) is 11.5 Å². The van der Waals surface area contributed by atoms with Crippen molar-refractivity contribution in [1.29, 1.82) is 0 Å². The highest BCUT2D eigenvalue weighted by Crippen LogP contribution is 2.28. The number of ether oxygens (including phenoxy) is 2. The predicted molar refractivity (Wildman–Crippen MR) is 81.4 cm³/mol. The monoisotopic (exact) mass is 292 g/mol. The number of aromatic nitrogens is 1. The van der Waals surface area contributed by atoms with Gasteiger partial charge >= 0.3 is 0 Å². The van der Waals surface area contributed by atoms with Gasteiger partial charge in [0, 0.05) is 10.4 Å². The number of hydrogen-bond acceptors (Lipinski definition) is 5. The van der Waals surface area contributed by atoms with Crippen LogP contribution in [0.1, 0.15) is 29.4 Å². The third kappa shape index (κ3) is 3.49. The van der Waals surface area contributed by atoms with Crippen molar-refractivity contribution in [2.45, 2.75) is 32.9 Å². The molecule has 2 N–H and O–H groups in total. The number of benzene rings is 1. The van der Waals surface area contributed by atoms with E-state index in [4.69, 9.17) is 15.2 Å². The highest BCUT2D eigenvalue weighted by atomic mass is 32.1. The van der Waals surface area contributed by atoms with E-state index in [0.717, 1.165) is 27.1 Å². The lowest BCUT2D eigenvalue weighted by Crippen LogP contribution is -2.28. The van der Waals surface area contributed by atoms with Gasteiger partial charge in [-0.25, -0.2) is 4.98 Å². The second kappa shape index (κ2) is 5.81. The van der Waals surface area contributed by atoms with Gasteiger partial charge in [0.1, 0.15) is 23.1 Å². The van der Waals surface area contributed by atoms with Crippen molar-refractivity contribution in [1.82, 2.24) is 4.98 Å². The lowest BCUT2D eigenvalue weighted by Gasteiger charge is -2.16. The zero-order chi connectivity index (χ0) is 14.8. The molecular formula is C15H20N2O2S. The quantitative estimate of drug-likeness (QED) is 0.919. The minimum Gasteiger partial charge on any atom is -0.497 e. The fraction of sp³-hybridized carbons (Fsp3) is 0.400. The molecule has 0 fully saturated rings. The zero-order valence-electron chi connectivity index (χ0n) is 12.3. The van der Waals surface area contributed by atoms with E-state index in [-0.39, 0.29) is 5.54 Å². The first-order valence-electron chi connectivity index (χ1n) is 6.42. The molecule has 0 radical (unpaired) electrons. The Bertz CT molecular complexity index is 571. The second-order valence-corrected chi connectivity index (χ2v) is 6.29. The fourth-order valence-corrected chi connectivity index (χ4v) is 2.92. The van der Waals surface area contributed by atoms with Gasteiger partial charge in [0.05, 0.1) is 12.8 Å².